The predicted octanol–water partition coefficient (Wildman–Crippen LogP) is 2.33. The van der Waals surface area contributed by atoms with Crippen LogP contribution in [0.2, 0.25) is 0 Å². The standard InChI is InChI=1S/C14H26N4O/c1-5-8-15-13-12(6-2)14(17-11-16-13)18(7-3)9-10-19-4/h11H,5-10H2,1-4H3,(H,15,16,17). The molecule has 1 rings (SSSR count). The van der Waals surface area contributed by atoms with E-state index in [-0.39, 0.29) is 0 Å². The molecule has 108 valence electrons. The third kappa shape index (κ3) is 4.35. The van der Waals surface area contributed by atoms with Crippen LogP contribution in [0.3, 0.4) is 0 Å². The van der Waals surface area contributed by atoms with Crippen LogP contribution in [-0.4, -0.2) is 43.3 Å². The Balaban J connectivity index is 2.97. The van der Waals surface area contributed by atoms with Gasteiger partial charge in [-0.2, -0.15) is 0 Å². The summed E-state index contributed by atoms with van der Waals surface area (Å²) in [5.74, 6) is 1.99. The first-order valence-corrected chi connectivity index (χ1v) is 7.10. The van der Waals surface area contributed by atoms with Crippen molar-refractivity contribution in [3.05, 3.63) is 11.9 Å². The van der Waals surface area contributed by atoms with Gasteiger partial charge >= 0.3 is 0 Å². The molecule has 5 nitrogen and oxygen atoms in total. The summed E-state index contributed by atoms with van der Waals surface area (Å²) < 4.78 is 5.16. The zero-order valence-electron chi connectivity index (χ0n) is 12.6. The number of likely N-dealkylation sites (N-methyl/N-ethyl adjacent to an activating group) is 1. The Morgan fingerprint density at radius 3 is 2.63 bits per heavy atom. The second-order valence-electron chi connectivity index (χ2n) is 4.38. The summed E-state index contributed by atoms with van der Waals surface area (Å²) in [6.07, 6.45) is 3.65. The van der Waals surface area contributed by atoms with Gasteiger partial charge in [0.25, 0.3) is 0 Å². The fourth-order valence-electron chi connectivity index (χ4n) is 2.01. The maximum absolute atomic E-state index is 5.16. The van der Waals surface area contributed by atoms with Crippen LogP contribution >= 0.6 is 0 Å². The van der Waals surface area contributed by atoms with Gasteiger partial charge in [-0.25, -0.2) is 9.97 Å². The number of hydrogen-bond acceptors (Lipinski definition) is 5. The number of nitrogens with one attached hydrogen (secondary N) is 1. The molecule has 0 fully saturated rings. The van der Waals surface area contributed by atoms with E-state index in [1.807, 2.05) is 0 Å². The normalized spacial score (nSPS) is 10.5. The molecule has 1 aromatic rings. The second-order valence-corrected chi connectivity index (χ2v) is 4.38. The molecular formula is C14H26N4O. The van der Waals surface area contributed by atoms with Crippen molar-refractivity contribution in [3.8, 4) is 0 Å². The molecule has 5 heteroatoms. The molecule has 0 aliphatic rings. The number of anilines is 2. The van der Waals surface area contributed by atoms with E-state index in [4.69, 9.17) is 4.74 Å². The van der Waals surface area contributed by atoms with Crippen LogP contribution in [0.5, 0.6) is 0 Å². The minimum absolute atomic E-state index is 0.707. The minimum Gasteiger partial charge on any atom is -0.383 e. The van der Waals surface area contributed by atoms with E-state index in [1.54, 1.807) is 13.4 Å². The molecule has 0 aliphatic carbocycles. The van der Waals surface area contributed by atoms with Gasteiger partial charge in [-0.1, -0.05) is 13.8 Å². The molecule has 0 bridgehead atoms. The summed E-state index contributed by atoms with van der Waals surface area (Å²) in [6, 6.07) is 0. The second kappa shape index (κ2) is 8.69. The van der Waals surface area contributed by atoms with Crippen LogP contribution < -0.4 is 10.2 Å². The summed E-state index contributed by atoms with van der Waals surface area (Å²) in [5, 5.41) is 3.38. The Hall–Kier alpha value is -1.36. The molecule has 1 aromatic heterocycles. The third-order valence-electron chi connectivity index (χ3n) is 3.07. The van der Waals surface area contributed by atoms with Gasteiger partial charge in [0, 0.05) is 32.3 Å². The minimum atomic E-state index is 0.707. The zero-order valence-corrected chi connectivity index (χ0v) is 12.6. The summed E-state index contributed by atoms with van der Waals surface area (Å²) >= 11 is 0. The van der Waals surface area contributed by atoms with Crippen molar-refractivity contribution in [1.29, 1.82) is 0 Å². The summed E-state index contributed by atoms with van der Waals surface area (Å²) in [4.78, 5) is 11.1. The molecule has 0 spiro atoms. The molecule has 0 amide bonds. The number of aromatic nitrogens is 2. The summed E-state index contributed by atoms with van der Waals surface area (Å²) in [7, 11) is 1.72. The molecule has 0 atom stereocenters. The van der Waals surface area contributed by atoms with E-state index in [0.29, 0.717) is 6.61 Å². The Morgan fingerprint density at radius 2 is 2.05 bits per heavy atom. The first kappa shape index (κ1) is 15.7. The van der Waals surface area contributed by atoms with Gasteiger partial charge in [-0.15, -0.1) is 0 Å². The fourth-order valence-corrected chi connectivity index (χ4v) is 2.01. The lowest BCUT2D eigenvalue weighted by molar-refractivity contribution is 0.205. The highest BCUT2D eigenvalue weighted by molar-refractivity contribution is 5.58. The molecule has 0 saturated carbocycles. The van der Waals surface area contributed by atoms with Gasteiger partial charge in [0.05, 0.1) is 6.61 Å². The fraction of sp³-hybridized carbons (Fsp3) is 0.714. The zero-order chi connectivity index (χ0) is 14.1. The van der Waals surface area contributed by atoms with Crippen molar-refractivity contribution in [2.24, 2.45) is 0 Å². The van der Waals surface area contributed by atoms with Crippen LogP contribution in [0.4, 0.5) is 11.6 Å². The average molecular weight is 266 g/mol. The number of rotatable bonds is 9. The van der Waals surface area contributed by atoms with E-state index in [0.717, 1.165) is 44.1 Å². The van der Waals surface area contributed by atoms with Crippen molar-refractivity contribution in [2.45, 2.75) is 33.6 Å². The maximum Gasteiger partial charge on any atom is 0.137 e. The highest BCUT2D eigenvalue weighted by Gasteiger charge is 2.14. The van der Waals surface area contributed by atoms with Crippen LogP contribution in [0, 0.1) is 0 Å². The van der Waals surface area contributed by atoms with E-state index in [2.05, 4.69) is 41.0 Å². The summed E-state index contributed by atoms with van der Waals surface area (Å²) in [5.41, 5.74) is 1.19. The van der Waals surface area contributed by atoms with E-state index in [1.165, 1.54) is 5.56 Å². The topological polar surface area (TPSA) is 50.3 Å². The highest BCUT2D eigenvalue weighted by atomic mass is 16.5. The number of hydrogen-bond donors (Lipinski definition) is 1. The molecular weight excluding hydrogens is 240 g/mol. The number of nitrogens with zero attached hydrogens (tertiary/aromatic N) is 3. The van der Waals surface area contributed by atoms with Crippen molar-refractivity contribution >= 4 is 11.6 Å². The van der Waals surface area contributed by atoms with Gasteiger partial charge in [0.2, 0.25) is 0 Å². The number of methoxy groups -OCH3 is 1. The lowest BCUT2D eigenvalue weighted by Crippen LogP contribution is -2.29. The van der Waals surface area contributed by atoms with Gasteiger partial charge in [0.1, 0.15) is 18.0 Å². The van der Waals surface area contributed by atoms with Crippen LogP contribution in [0.1, 0.15) is 32.8 Å². The van der Waals surface area contributed by atoms with Gasteiger partial charge in [-0.3, -0.25) is 0 Å². The maximum atomic E-state index is 5.16. The van der Waals surface area contributed by atoms with Crippen LogP contribution in [0.15, 0.2) is 6.33 Å². The lowest BCUT2D eigenvalue weighted by atomic mass is 10.2. The van der Waals surface area contributed by atoms with Crippen molar-refractivity contribution in [3.63, 3.8) is 0 Å². The van der Waals surface area contributed by atoms with E-state index < -0.39 is 0 Å². The third-order valence-corrected chi connectivity index (χ3v) is 3.07. The van der Waals surface area contributed by atoms with E-state index >= 15 is 0 Å². The quantitative estimate of drug-likeness (QED) is 0.743. The molecule has 0 aliphatic heterocycles. The average Bonchev–Trinajstić information content (AvgIpc) is 2.45. The SMILES string of the molecule is CCCNc1ncnc(N(CC)CCOC)c1CC. The van der Waals surface area contributed by atoms with Crippen LogP contribution in [0.25, 0.3) is 0 Å². The Morgan fingerprint density at radius 1 is 1.26 bits per heavy atom. The molecule has 0 unspecified atom stereocenters. The first-order chi connectivity index (χ1) is 9.28. The van der Waals surface area contributed by atoms with Gasteiger partial charge in [-0.05, 0) is 19.8 Å². The lowest BCUT2D eigenvalue weighted by Gasteiger charge is -2.24. The summed E-state index contributed by atoms with van der Waals surface area (Å²) in [6.45, 7) is 9.84. The first-order valence-electron chi connectivity index (χ1n) is 7.10. The predicted molar refractivity (Wildman–Crippen MR) is 80.0 cm³/mol. The van der Waals surface area contributed by atoms with E-state index in [9.17, 15) is 0 Å². The molecule has 0 saturated heterocycles. The molecule has 1 N–H and O–H groups in total. The van der Waals surface area contributed by atoms with Crippen LogP contribution in [-0.2, 0) is 11.2 Å². The van der Waals surface area contributed by atoms with Gasteiger partial charge < -0.3 is 15.0 Å². The van der Waals surface area contributed by atoms with Crippen molar-refractivity contribution in [1.82, 2.24) is 9.97 Å². The Labute approximate surface area is 116 Å². The van der Waals surface area contributed by atoms with Crippen molar-refractivity contribution < 1.29 is 4.74 Å². The monoisotopic (exact) mass is 266 g/mol. The number of ether oxygens (including phenoxy) is 1. The smallest absolute Gasteiger partial charge is 0.137 e. The molecule has 0 aromatic carbocycles. The Kier molecular flexibility index (Phi) is 7.18. The van der Waals surface area contributed by atoms with Crippen molar-refractivity contribution in [2.75, 3.05) is 43.6 Å². The molecule has 0 radical (unpaired) electrons. The highest BCUT2D eigenvalue weighted by Crippen LogP contribution is 2.23. The molecule has 19 heavy (non-hydrogen) atoms. The largest absolute Gasteiger partial charge is 0.383 e. The Bertz CT molecular complexity index is 370. The van der Waals surface area contributed by atoms with Gasteiger partial charge in [0.15, 0.2) is 0 Å². The molecule has 1 heterocycles.